The summed E-state index contributed by atoms with van der Waals surface area (Å²) in [5.74, 6) is -0.283. The third-order valence-corrected chi connectivity index (χ3v) is 8.43. The molecule has 0 aromatic rings. The van der Waals surface area contributed by atoms with Gasteiger partial charge in [-0.3, -0.25) is 9.59 Å². The zero-order valence-electron chi connectivity index (χ0n) is 33.7. The Balaban J connectivity index is 3.16. The molecule has 310 valence electrons. The molecular formula is C41H80O11. The quantitative estimate of drug-likeness (QED) is 0.0441. The van der Waals surface area contributed by atoms with Crippen molar-refractivity contribution in [2.45, 2.75) is 149 Å². The average Bonchev–Trinajstić information content (AvgIpc) is 3.15. The van der Waals surface area contributed by atoms with Crippen molar-refractivity contribution in [3.8, 4) is 0 Å². The third-order valence-electron chi connectivity index (χ3n) is 8.43. The zero-order chi connectivity index (χ0) is 37.7. The molecule has 0 aromatic carbocycles. The SMILES string of the molecule is CCCCCCCCCCCCCCCCCC(=O)OCCOCCOCCOCCOCCOCCOCCOCCOC(=O)CCCCCC. The van der Waals surface area contributed by atoms with Crippen LogP contribution in [0.4, 0.5) is 0 Å². The van der Waals surface area contributed by atoms with Gasteiger partial charge < -0.3 is 42.6 Å². The summed E-state index contributed by atoms with van der Waals surface area (Å²) in [6.07, 6.45) is 25.0. The lowest BCUT2D eigenvalue weighted by atomic mass is 10.0. The van der Waals surface area contributed by atoms with Crippen molar-refractivity contribution < 1.29 is 52.2 Å². The number of unbranched alkanes of at least 4 members (excludes halogenated alkanes) is 17. The minimum absolute atomic E-state index is 0.131. The maximum absolute atomic E-state index is 11.9. The van der Waals surface area contributed by atoms with Gasteiger partial charge in [0.1, 0.15) is 13.2 Å². The smallest absolute Gasteiger partial charge is 0.305 e. The van der Waals surface area contributed by atoms with Crippen molar-refractivity contribution >= 4 is 11.9 Å². The number of ether oxygens (including phenoxy) is 9. The normalized spacial score (nSPS) is 11.3. The lowest BCUT2D eigenvalue weighted by Gasteiger charge is -2.09. The van der Waals surface area contributed by atoms with E-state index in [2.05, 4.69) is 13.8 Å². The highest BCUT2D eigenvalue weighted by molar-refractivity contribution is 5.69. The fraction of sp³-hybridized carbons (Fsp3) is 0.951. The van der Waals surface area contributed by atoms with Gasteiger partial charge in [0, 0.05) is 12.8 Å². The summed E-state index contributed by atoms with van der Waals surface area (Å²) in [5.41, 5.74) is 0. The molecule has 0 bridgehead atoms. The van der Waals surface area contributed by atoms with Crippen molar-refractivity contribution in [3.63, 3.8) is 0 Å². The Kier molecular flexibility index (Phi) is 44.6. The van der Waals surface area contributed by atoms with Crippen LogP contribution in [0.1, 0.15) is 149 Å². The van der Waals surface area contributed by atoms with Crippen molar-refractivity contribution in [1.82, 2.24) is 0 Å². The molecule has 0 atom stereocenters. The third kappa shape index (κ3) is 44.8. The van der Waals surface area contributed by atoms with Crippen LogP contribution in [0.25, 0.3) is 0 Å². The van der Waals surface area contributed by atoms with E-state index in [4.69, 9.17) is 42.6 Å². The van der Waals surface area contributed by atoms with Crippen molar-refractivity contribution in [2.24, 2.45) is 0 Å². The van der Waals surface area contributed by atoms with Crippen molar-refractivity contribution in [2.75, 3.05) is 106 Å². The minimum Gasteiger partial charge on any atom is -0.463 e. The van der Waals surface area contributed by atoms with Gasteiger partial charge in [-0.15, -0.1) is 0 Å². The van der Waals surface area contributed by atoms with Gasteiger partial charge in [-0.05, 0) is 12.8 Å². The standard InChI is InChI=1S/C41H80O11/c1-3-5-7-9-10-11-12-13-14-15-16-17-18-19-21-23-41(43)52-39-37-50-35-33-48-31-29-46-27-25-44-24-26-45-28-30-47-32-34-49-36-38-51-40(42)22-20-8-6-4-2/h3-39H2,1-2H3. The highest BCUT2D eigenvalue weighted by Crippen LogP contribution is 2.14. The van der Waals surface area contributed by atoms with Gasteiger partial charge in [0.25, 0.3) is 0 Å². The van der Waals surface area contributed by atoms with Crippen LogP contribution in [-0.4, -0.2) is 118 Å². The molecule has 0 aliphatic heterocycles. The fourth-order valence-corrected chi connectivity index (χ4v) is 5.33. The molecule has 0 saturated heterocycles. The van der Waals surface area contributed by atoms with Gasteiger partial charge in [-0.25, -0.2) is 0 Å². The first-order chi connectivity index (χ1) is 25.7. The molecule has 0 saturated carbocycles. The van der Waals surface area contributed by atoms with Gasteiger partial charge in [0.05, 0.1) is 92.5 Å². The van der Waals surface area contributed by atoms with Crippen LogP contribution < -0.4 is 0 Å². The molecule has 11 heteroatoms. The summed E-state index contributed by atoms with van der Waals surface area (Å²) in [6.45, 7) is 11.5. The fourth-order valence-electron chi connectivity index (χ4n) is 5.33. The Labute approximate surface area is 318 Å². The van der Waals surface area contributed by atoms with Gasteiger partial charge in [0.15, 0.2) is 0 Å². The van der Waals surface area contributed by atoms with Crippen LogP contribution >= 0.6 is 0 Å². The molecule has 0 amide bonds. The van der Waals surface area contributed by atoms with E-state index in [1.54, 1.807) is 0 Å². The molecule has 11 nitrogen and oxygen atoms in total. The molecule has 0 rings (SSSR count). The average molecular weight is 749 g/mol. The van der Waals surface area contributed by atoms with Crippen LogP contribution in [0.5, 0.6) is 0 Å². The Morgan fingerprint density at radius 3 is 0.712 bits per heavy atom. The van der Waals surface area contributed by atoms with Gasteiger partial charge >= 0.3 is 11.9 Å². The topological polar surface area (TPSA) is 117 Å². The molecule has 0 unspecified atom stereocenters. The second-order valence-corrected chi connectivity index (χ2v) is 13.2. The Morgan fingerprint density at radius 2 is 0.462 bits per heavy atom. The molecule has 0 fully saturated rings. The number of carbonyl (C=O) groups is 2. The summed E-state index contributed by atoms with van der Waals surface area (Å²) >= 11 is 0. The molecule has 52 heavy (non-hydrogen) atoms. The summed E-state index contributed by atoms with van der Waals surface area (Å²) in [4.78, 5) is 23.5. The molecule has 0 radical (unpaired) electrons. The summed E-state index contributed by atoms with van der Waals surface area (Å²) in [6, 6.07) is 0. The van der Waals surface area contributed by atoms with E-state index >= 15 is 0 Å². The van der Waals surface area contributed by atoms with Crippen molar-refractivity contribution in [1.29, 1.82) is 0 Å². The molecule has 0 aromatic heterocycles. The van der Waals surface area contributed by atoms with E-state index in [0.29, 0.717) is 105 Å². The van der Waals surface area contributed by atoms with Crippen LogP contribution in [0.15, 0.2) is 0 Å². The van der Waals surface area contributed by atoms with Crippen LogP contribution in [-0.2, 0) is 52.2 Å². The first-order valence-electron chi connectivity index (χ1n) is 21.1. The van der Waals surface area contributed by atoms with E-state index < -0.39 is 0 Å². The molecule has 0 aliphatic carbocycles. The number of carbonyl (C=O) groups excluding carboxylic acids is 2. The largest absolute Gasteiger partial charge is 0.463 e. The van der Waals surface area contributed by atoms with Crippen LogP contribution in [0, 0.1) is 0 Å². The van der Waals surface area contributed by atoms with E-state index in [0.717, 1.165) is 38.5 Å². The lowest BCUT2D eigenvalue weighted by Crippen LogP contribution is -2.15. The molecule has 0 N–H and O–H groups in total. The number of rotatable bonds is 45. The van der Waals surface area contributed by atoms with E-state index in [1.165, 1.54) is 83.5 Å². The first kappa shape index (κ1) is 50.7. The van der Waals surface area contributed by atoms with Crippen LogP contribution in [0.3, 0.4) is 0 Å². The van der Waals surface area contributed by atoms with E-state index in [-0.39, 0.29) is 25.2 Å². The Hall–Kier alpha value is -1.34. The maximum Gasteiger partial charge on any atom is 0.305 e. The predicted molar refractivity (Wildman–Crippen MR) is 206 cm³/mol. The zero-order valence-corrected chi connectivity index (χ0v) is 33.7. The monoisotopic (exact) mass is 749 g/mol. The highest BCUT2D eigenvalue weighted by Gasteiger charge is 2.04. The molecule has 0 heterocycles. The summed E-state index contributed by atoms with van der Waals surface area (Å²) in [5, 5.41) is 0. The summed E-state index contributed by atoms with van der Waals surface area (Å²) < 4.78 is 48.7. The molecule has 0 spiro atoms. The Bertz CT molecular complexity index is 710. The van der Waals surface area contributed by atoms with Crippen molar-refractivity contribution in [3.05, 3.63) is 0 Å². The van der Waals surface area contributed by atoms with E-state index in [1.807, 2.05) is 0 Å². The molecular weight excluding hydrogens is 668 g/mol. The lowest BCUT2D eigenvalue weighted by molar-refractivity contribution is -0.146. The number of esters is 2. The summed E-state index contributed by atoms with van der Waals surface area (Å²) in [7, 11) is 0. The maximum atomic E-state index is 11.9. The molecule has 0 aliphatic rings. The van der Waals surface area contributed by atoms with Crippen LogP contribution in [0.2, 0.25) is 0 Å². The second kappa shape index (κ2) is 45.8. The highest BCUT2D eigenvalue weighted by atomic mass is 16.6. The number of hydrogen-bond acceptors (Lipinski definition) is 11. The first-order valence-corrected chi connectivity index (χ1v) is 21.1. The predicted octanol–water partition coefficient (Wildman–Crippen LogP) is 8.42. The van der Waals surface area contributed by atoms with E-state index in [9.17, 15) is 9.59 Å². The minimum atomic E-state index is -0.152. The Morgan fingerprint density at radius 1 is 0.269 bits per heavy atom. The second-order valence-electron chi connectivity index (χ2n) is 13.2. The van der Waals surface area contributed by atoms with Gasteiger partial charge in [-0.1, -0.05) is 123 Å². The van der Waals surface area contributed by atoms with Gasteiger partial charge in [-0.2, -0.15) is 0 Å². The number of hydrogen-bond donors (Lipinski definition) is 0. The van der Waals surface area contributed by atoms with Gasteiger partial charge in [0.2, 0.25) is 0 Å².